The molecule has 0 bridgehead atoms. The Morgan fingerprint density at radius 2 is 1.90 bits per heavy atom. The first-order valence-electron chi connectivity index (χ1n) is 9.71. The van der Waals surface area contributed by atoms with Crippen molar-refractivity contribution >= 4 is 22.5 Å². The lowest BCUT2D eigenvalue weighted by atomic mass is 9.69. The van der Waals surface area contributed by atoms with Gasteiger partial charge < -0.3 is 19.9 Å². The molecule has 0 saturated carbocycles. The molecule has 2 aliphatic heterocycles. The maximum atomic E-state index is 14.0. The second kappa shape index (κ2) is 6.34. The fourth-order valence-corrected chi connectivity index (χ4v) is 4.76. The number of ether oxygens (including phenoxy) is 1. The average molecular weight is 410 g/mol. The fourth-order valence-electron chi connectivity index (χ4n) is 4.76. The second-order valence-electron chi connectivity index (χ2n) is 7.51. The zero-order valence-electron chi connectivity index (χ0n) is 16.8. The summed E-state index contributed by atoms with van der Waals surface area (Å²) in [7, 11) is 1.64. The number of carbonyl (C=O) groups excluding carboxylic acids is 1. The summed E-state index contributed by atoms with van der Waals surface area (Å²) < 4.78 is 7.33. The van der Waals surface area contributed by atoms with E-state index in [1.807, 2.05) is 12.1 Å². The highest BCUT2D eigenvalue weighted by Gasteiger charge is 2.60. The van der Waals surface area contributed by atoms with E-state index in [2.05, 4.69) is 12.6 Å². The summed E-state index contributed by atoms with van der Waals surface area (Å²) in [5.41, 5.74) is 5.89. The van der Waals surface area contributed by atoms with Gasteiger partial charge in [-0.15, -0.1) is 6.58 Å². The third-order valence-corrected chi connectivity index (χ3v) is 6.05. The smallest absolute Gasteiger partial charge is 0.259 e. The predicted molar refractivity (Wildman–Crippen MR) is 116 cm³/mol. The Balaban J connectivity index is 2.03. The van der Waals surface area contributed by atoms with Crippen molar-refractivity contribution in [1.82, 2.24) is 4.57 Å². The maximum absolute atomic E-state index is 14.0. The molecule has 5 rings (SSSR count). The van der Waals surface area contributed by atoms with Gasteiger partial charge in [0.2, 0.25) is 11.8 Å². The average Bonchev–Trinajstić information content (AvgIpc) is 3.01. The fraction of sp³-hybridized carbons (Fsp3) is 0.125. The number of nitriles is 1. The Morgan fingerprint density at radius 3 is 2.65 bits per heavy atom. The number of carbonyl (C=O) groups is 1. The van der Waals surface area contributed by atoms with Gasteiger partial charge in [-0.2, -0.15) is 5.26 Å². The lowest BCUT2D eigenvalue weighted by Gasteiger charge is -2.34. The molecule has 0 saturated heterocycles. The number of benzene rings is 2. The number of rotatable bonds is 2. The molecular formula is C24H18N4O3. The Hall–Kier alpha value is -4.31. The molecule has 2 aliphatic rings. The van der Waals surface area contributed by atoms with Crippen LogP contribution in [-0.2, 0) is 17.3 Å². The first-order valence-corrected chi connectivity index (χ1v) is 9.71. The number of anilines is 1. The van der Waals surface area contributed by atoms with Gasteiger partial charge in [-0.05, 0) is 18.2 Å². The summed E-state index contributed by atoms with van der Waals surface area (Å²) in [5.74, 6) is -0.402. The number of nitrogens with two attached hydrogens (primary N) is 1. The third kappa shape index (κ3) is 2.11. The third-order valence-electron chi connectivity index (χ3n) is 6.05. The summed E-state index contributed by atoms with van der Waals surface area (Å²) in [6.07, 6.45) is 1.60. The van der Waals surface area contributed by atoms with Crippen LogP contribution in [0.2, 0.25) is 0 Å². The molecule has 1 unspecified atom stereocenters. The van der Waals surface area contributed by atoms with Crippen molar-refractivity contribution in [2.45, 2.75) is 5.41 Å². The lowest BCUT2D eigenvalue weighted by molar-refractivity contribution is -0.120. The van der Waals surface area contributed by atoms with Crippen LogP contribution in [0.25, 0.3) is 10.9 Å². The molecule has 152 valence electrons. The normalized spacial score (nSPS) is 19.2. The van der Waals surface area contributed by atoms with Gasteiger partial charge >= 0.3 is 0 Å². The van der Waals surface area contributed by atoms with Crippen molar-refractivity contribution in [1.29, 1.82) is 5.26 Å². The quantitative estimate of drug-likeness (QED) is 0.654. The van der Waals surface area contributed by atoms with Crippen molar-refractivity contribution < 1.29 is 9.53 Å². The molecular weight excluding hydrogens is 392 g/mol. The molecule has 1 amide bonds. The molecule has 2 aromatic carbocycles. The highest BCUT2D eigenvalue weighted by molar-refractivity contribution is 6.15. The summed E-state index contributed by atoms with van der Waals surface area (Å²) in [4.78, 5) is 29.3. The molecule has 7 nitrogen and oxygen atoms in total. The number of hydrogen-bond donors (Lipinski definition) is 1. The van der Waals surface area contributed by atoms with Crippen molar-refractivity contribution in [2.75, 3.05) is 11.4 Å². The number of amides is 1. The van der Waals surface area contributed by atoms with Crippen molar-refractivity contribution in [3.05, 3.63) is 94.1 Å². The largest absolute Gasteiger partial charge is 0.439 e. The summed E-state index contributed by atoms with van der Waals surface area (Å²) in [5, 5.41) is 10.7. The van der Waals surface area contributed by atoms with Gasteiger partial charge in [0, 0.05) is 30.2 Å². The van der Waals surface area contributed by atoms with E-state index in [0.29, 0.717) is 22.2 Å². The minimum absolute atomic E-state index is 0.0867. The van der Waals surface area contributed by atoms with Gasteiger partial charge in [-0.3, -0.25) is 9.59 Å². The lowest BCUT2D eigenvalue weighted by Crippen LogP contribution is -2.49. The van der Waals surface area contributed by atoms with Crippen molar-refractivity contribution in [3.8, 4) is 11.8 Å². The van der Waals surface area contributed by atoms with Crippen LogP contribution in [0, 0.1) is 11.3 Å². The monoisotopic (exact) mass is 410 g/mol. The number of pyridine rings is 1. The summed E-state index contributed by atoms with van der Waals surface area (Å²) in [6.45, 7) is 3.97. The van der Waals surface area contributed by atoms with Gasteiger partial charge in [0.05, 0.1) is 11.1 Å². The van der Waals surface area contributed by atoms with Crippen LogP contribution in [-0.4, -0.2) is 17.0 Å². The van der Waals surface area contributed by atoms with E-state index < -0.39 is 16.9 Å². The first kappa shape index (κ1) is 18.7. The van der Waals surface area contributed by atoms with Gasteiger partial charge in [0.1, 0.15) is 17.4 Å². The van der Waals surface area contributed by atoms with E-state index >= 15 is 0 Å². The standard InChI is InChI=1S/C24H18N4O3/c1-3-12-28-18-11-7-5-9-15(18)24(23(28)30)16(13-25)21(26)31-20-14-8-4-6-10-17(14)27(2)22(29)19(20)24/h3-11H,1,12,26H2,2H3. The van der Waals surface area contributed by atoms with Crippen LogP contribution in [0.3, 0.4) is 0 Å². The molecule has 31 heavy (non-hydrogen) atoms. The maximum Gasteiger partial charge on any atom is 0.259 e. The first-order chi connectivity index (χ1) is 15.0. The zero-order chi connectivity index (χ0) is 21.9. The highest BCUT2D eigenvalue weighted by atomic mass is 16.5. The SMILES string of the molecule is C=CCN1C(=O)C2(C(C#N)=C(N)Oc3c2c(=O)n(C)c2ccccc32)c2ccccc21. The van der Waals surface area contributed by atoms with Gasteiger partial charge in [-0.25, -0.2) is 0 Å². The molecule has 1 atom stereocenters. The molecule has 2 N–H and O–H groups in total. The molecule has 1 aromatic heterocycles. The number of aromatic nitrogens is 1. The van der Waals surface area contributed by atoms with Gasteiger partial charge in [-0.1, -0.05) is 36.4 Å². The van der Waals surface area contributed by atoms with E-state index in [0.717, 1.165) is 0 Å². The topological polar surface area (TPSA) is 101 Å². The molecule has 3 aromatic rings. The van der Waals surface area contributed by atoms with E-state index in [1.54, 1.807) is 49.5 Å². The molecule has 1 spiro atoms. The van der Waals surface area contributed by atoms with E-state index in [9.17, 15) is 14.9 Å². The van der Waals surface area contributed by atoms with Crippen LogP contribution >= 0.6 is 0 Å². The Kier molecular flexibility index (Phi) is 3.83. The molecule has 0 aliphatic carbocycles. The predicted octanol–water partition coefficient (Wildman–Crippen LogP) is 2.44. The Labute approximate surface area is 177 Å². The molecule has 3 heterocycles. The minimum atomic E-state index is -1.69. The number of hydrogen-bond acceptors (Lipinski definition) is 5. The molecule has 0 radical (unpaired) electrons. The van der Waals surface area contributed by atoms with Crippen LogP contribution in [0.5, 0.6) is 5.75 Å². The Bertz CT molecular complexity index is 1440. The second-order valence-corrected chi connectivity index (χ2v) is 7.51. The Morgan fingerprint density at radius 1 is 1.19 bits per heavy atom. The number of aryl methyl sites for hydroxylation is 1. The van der Waals surface area contributed by atoms with E-state index in [4.69, 9.17) is 10.5 Å². The van der Waals surface area contributed by atoms with Crippen molar-refractivity contribution in [2.24, 2.45) is 12.8 Å². The number of para-hydroxylation sites is 2. The molecule has 7 heteroatoms. The minimum Gasteiger partial charge on any atom is -0.439 e. The number of nitrogens with zero attached hydrogens (tertiary/aromatic N) is 3. The van der Waals surface area contributed by atoms with E-state index in [-0.39, 0.29) is 29.3 Å². The van der Waals surface area contributed by atoms with Crippen molar-refractivity contribution in [3.63, 3.8) is 0 Å². The van der Waals surface area contributed by atoms with E-state index in [1.165, 1.54) is 9.47 Å². The molecule has 0 fully saturated rings. The van der Waals surface area contributed by atoms with Gasteiger partial charge in [0.25, 0.3) is 5.56 Å². The van der Waals surface area contributed by atoms with Crippen LogP contribution in [0.1, 0.15) is 11.1 Å². The van der Waals surface area contributed by atoms with Crippen LogP contribution < -0.4 is 20.9 Å². The van der Waals surface area contributed by atoms with Crippen LogP contribution in [0.4, 0.5) is 5.69 Å². The highest BCUT2D eigenvalue weighted by Crippen LogP contribution is 2.55. The van der Waals surface area contributed by atoms with Gasteiger partial charge in [0.15, 0.2) is 5.41 Å². The summed E-state index contributed by atoms with van der Waals surface area (Å²) >= 11 is 0. The number of fused-ring (bicyclic) bond motifs is 6. The summed E-state index contributed by atoms with van der Waals surface area (Å²) in [6, 6.07) is 16.4. The van der Waals surface area contributed by atoms with Crippen LogP contribution in [0.15, 0.2) is 77.4 Å². The zero-order valence-corrected chi connectivity index (χ0v) is 16.8.